The predicted molar refractivity (Wildman–Crippen MR) is 75.7 cm³/mol. The Morgan fingerprint density at radius 3 is 2.39 bits per heavy atom. The van der Waals surface area contributed by atoms with Gasteiger partial charge in [-0.3, -0.25) is 5.73 Å². The lowest BCUT2D eigenvalue weighted by Crippen LogP contribution is -2.43. The number of ether oxygens (including phenoxy) is 1. The number of rotatable bonds is 3. The topological polar surface area (TPSA) is 61.3 Å². The lowest BCUT2D eigenvalue weighted by atomic mass is 9.95. The molecule has 0 saturated heterocycles. The van der Waals surface area contributed by atoms with Gasteiger partial charge >= 0.3 is 0 Å². The molecule has 0 radical (unpaired) electrons. The van der Waals surface area contributed by atoms with E-state index >= 15 is 0 Å². The van der Waals surface area contributed by atoms with Gasteiger partial charge in [0.2, 0.25) is 0 Å². The second-order valence-corrected chi connectivity index (χ2v) is 4.94. The molecule has 0 aromatic heterocycles. The van der Waals surface area contributed by atoms with Crippen molar-refractivity contribution in [2.75, 3.05) is 5.73 Å². The van der Waals surface area contributed by atoms with E-state index in [2.05, 4.69) is 6.08 Å². The van der Waals surface area contributed by atoms with E-state index in [4.69, 9.17) is 16.2 Å². The van der Waals surface area contributed by atoms with Crippen LogP contribution in [0, 0.1) is 0 Å². The van der Waals surface area contributed by atoms with Crippen LogP contribution in [0.25, 0.3) is 5.57 Å². The van der Waals surface area contributed by atoms with Crippen LogP contribution in [-0.2, 0) is 4.74 Å². The van der Waals surface area contributed by atoms with E-state index < -0.39 is 5.72 Å². The molecule has 1 aliphatic carbocycles. The molecule has 0 bridgehead atoms. The molecule has 3 nitrogen and oxygen atoms in total. The maximum absolute atomic E-state index is 6.15. The van der Waals surface area contributed by atoms with Crippen molar-refractivity contribution < 1.29 is 4.74 Å². The molecular weight excluding hydrogens is 224 g/mol. The van der Waals surface area contributed by atoms with Gasteiger partial charge in [0.1, 0.15) is 5.72 Å². The second kappa shape index (κ2) is 4.96. The van der Waals surface area contributed by atoms with E-state index in [1.54, 1.807) is 0 Å². The summed E-state index contributed by atoms with van der Waals surface area (Å²) in [6.45, 7) is 3.98. The number of nitrogen functional groups attached to an aromatic ring is 1. The molecule has 1 unspecified atom stereocenters. The summed E-state index contributed by atoms with van der Waals surface area (Å²) in [7, 11) is 0. The normalized spacial score (nSPS) is 23.2. The van der Waals surface area contributed by atoms with Crippen LogP contribution < -0.4 is 11.5 Å². The highest BCUT2D eigenvalue weighted by Gasteiger charge is 2.25. The molecule has 0 amide bonds. The van der Waals surface area contributed by atoms with Crippen LogP contribution in [0.3, 0.4) is 0 Å². The molecule has 0 saturated carbocycles. The standard InChI is InChI=1S/C15H20N2O/c1-11(2)18-15(17)9-7-13(8-10-15)12-3-5-14(16)6-4-12/h3-9,11H,10,16-17H2,1-2H3. The van der Waals surface area contributed by atoms with Gasteiger partial charge in [0, 0.05) is 12.1 Å². The molecule has 0 fully saturated rings. The zero-order chi connectivity index (χ0) is 13.2. The number of hydrogen-bond donors (Lipinski definition) is 2. The molecule has 0 spiro atoms. The summed E-state index contributed by atoms with van der Waals surface area (Å²) in [5.41, 5.74) is 14.2. The van der Waals surface area contributed by atoms with E-state index in [0.717, 1.165) is 16.8 Å². The number of allylic oxidation sites excluding steroid dienone is 2. The summed E-state index contributed by atoms with van der Waals surface area (Å²) in [6.07, 6.45) is 6.84. The fourth-order valence-corrected chi connectivity index (χ4v) is 2.05. The Labute approximate surface area is 108 Å². The molecule has 4 N–H and O–H groups in total. The average Bonchev–Trinajstić information content (AvgIpc) is 2.30. The minimum absolute atomic E-state index is 0.117. The average molecular weight is 244 g/mol. The van der Waals surface area contributed by atoms with Gasteiger partial charge in [-0.1, -0.05) is 24.3 Å². The van der Waals surface area contributed by atoms with Crippen molar-refractivity contribution in [3.8, 4) is 0 Å². The van der Waals surface area contributed by atoms with E-state index in [-0.39, 0.29) is 6.10 Å². The van der Waals surface area contributed by atoms with Crippen LogP contribution in [0.2, 0.25) is 0 Å². The third kappa shape index (κ3) is 3.00. The summed E-state index contributed by atoms with van der Waals surface area (Å²) in [4.78, 5) is 0. The van der Waals surface area contributed by atoms with Crippen molar-refractivity contribution in [3.05, 3.63) is 48.1 Å². The summed E-state index contributed by atoms with van der Waals surface area (Å²) >= 11 is 0. The van der Waals surface area contributed by atoms with Crippen LogP contribution >= 0.6 is 0 Å². The van der Waals surface area contributed by atoms with Crippen LogP contribution in [0.1, 0.15) is 25.8 Å². The summed E-state index contributed by atoms with van der Waals surface area (Å²) in [5.74, 6) is 0. The third-order valence-electron chi connectivity index (χ3n) is 2.89. The highest BCUT2D eigenvalue weighted by atomic mass is 16.5. The van der Waals surface area contributed by atoms with E-state index in [1.165, 1.54) is 0 Å². The molecule has 18 heavy (non-hydrogen) atoms. The highest BCUT2D eigenvalue weighted by molar-refractivity contribution is 5.76. The fraction of sp³-hybridized carbons (Fsp3) is 0.333. The van der Waals surface area contributed by atoms with Gasteiger partial charge in [-0.25, -0.2) is 0 Å². The summed E-state index contributed by atoms with van der Waals surface area (Å²) < 4.78 is 5.71. The second-order valence-electron chi connectivity index (χ2n) is 4.94. The van der Waals surface area contributed by atoms with Gasteiger partial charge in [-0.15, -0.1) is 0 Å². The molecule has 1 atom stereocenters. The zero-order valence-electron chi connectivity index (χ0n) is 10.9. The zero-order valence-corrected chi connectivity index (χ0v) is 10.9. The number of hydrogen-bond acceptors (Lipinski definition) is 3. The molecule has 0 aliphatic heterocycles. The molecule has 2 rings (SSSR count). The maximum Gasteiger partial charge on any atom is 0.140 e. The SMILES string of the molecule is CC(C)OC1(N)C=CC(c2ccc(N)cc2)=CC1. The quantitative estimate of drug-likeness (QED) is 0.635. The lowest BCUT2D eigenvalue weighted by molar-refractivity contribution is -0.0417. The molecule has 3 heteroatoms. The predicted octanol–water partition coefficient (Wildman–Crippen LogP) is 2.69. The molecule has 1 aromatic carbocycles. The monoisotopic (exact) mass is 244 g/mol. The summed E-state index contributed by atoms with van der Waals surface area (Å²) in [5, 5.41) is 0. The van der Waals surface area contributed by atoms with E-state index in [9.17, 15) is 0 Å². The van der Waals surface area contributed by atoms with Crippen molar-refractivity contribution in [2.45, 2.75) is 32.1 Å². The van der Waals surface area contributed by atoms with Crippen LogP contribution in [0.15, 0.2) is 42.5 Å². The highest BCUT2D eigenvalue weighted by Crippen LogP contribution is 2.27. The van der Waals surface area contributed by atoms with Crippen molar-refractivity contribution in [1.29, 1.82) is 0 Å². The number of nitrogens with two attached hydrogens (primary N) is 2. The first-order valence-electron chi connectivity index (χ1n) is 6.20. The first-order chi connectivity index (χ1) is 8.48. The van der Waals surface area contributed by atoms with E-state index in [0.29, 0.717) is 6.42 Å². The summed E-state index contributed by atoms with van der Waals surface area (Å²) in [6, 6.07) is 7.83. The third-order valence-corrected chi connectivity index (χ3v) is 2.89. The minimum Gasteiger partial charge on any atom is -0.399 e. The minimum atomic E-state index is -0.675. The van der Waals surface area contributed by atoms with Gasteiger partial charge in [0.05, 0.1) is 6.10 Å². The Morgan fingerprint density at radius 1 is 1.22 bits per heavy atom. The lowest BCUT2D eigenvalue weighted by Gasteiger charge is -2.30. The largest absolute Gasteiger partial charge is 0.399 e. The van der Waals surface area contributed by atoms with Crippen molar-refractivity contribution >= 4 is 11.3 Å². The first kappa shape index (κ1) is 12.9. The Balaban J connectivity index is 2.12. The van der Waals surface area contributed by atoms with Gasteiger partial charge < -0.3 is 10.5 Å². The van der Waals surface area contributed by atoms with Gasteiger partial charge in [-0.2, -0.15) is 0 Å². The van der Waals surface area contributed by atoms with Crippen molar-refractivity contribution in [3.63, 3.8) is 0 Å². The van der Waals surface area contributed by atoms with Gasteiger partial charge in [0.25, 0.3) is 0 Å². The van der Waals surface area contributed by atoms with Crippen molar-refractivity contribution in [2.24, 2.45) is 5.73 Å². The van der Waals surface area contributed by atoms with Crippen LogP contribution in [0.4, 0.5) is 5.69 Å². The molecule has 1 aliphatic rings. The van der Waals surface area contributed by atoms with Gasteiger partial charge in [-0.05, 0) is 43.2 Å². The van der Waals surface area contributed by atoms with Crippen LogP contribution in [0.5, 0.6) is 0 Å². The fourth-order valence-electron chi connectivity index (χ4n) is 2.05. The Morgan fingerprint density at radius 2 is 1.89 bits per heavy atom. The van der Waals surface area contributed by atoms with E-state index in [1.807, 2.05) is 50.3 Å². The maximum atomic E-state index is 6.15. The Kier molecular flexibility index (Phi) is 3.55. The Bertz CT molecular complexity index is 474. The molecule has 0 heterocycles. The van der Waals surface area contributed by atoms with Gasteiger partial charge in [0.15, 0.2) is 0 Å². The number of anilines is 1. The smallest absolute Gasteiger partial charge is 0.140 e. The number of benzene rings is 1. The molecular formula is C15H20N2O. The molecule has 1 aromatic rings. The van der Waals surface area contributed by atoms with Crippen molar-refractivity contribution in [1.82, 2.24) is 0 Å². The molecule has 96 valence electrons. The van der Waals surface area contributed by atoms with Crippen LogP contribution in [-0.4, -0.2) is 11.8 Å². The first-order valence-corrected chi connectivity index (χ1v) is 6.20. The Hall–Kier alpha value is -1.58.